The fraction of sp³-hybridized carbons (Fsp3) is 0.417. The third-order valence-electron chi connectivity index (χ3n) is 2.30. The molecular formula is C12H17BrN2O. The quantitative estimate of drug-likeness (QED) is 0.817. The van der Waals surface area contributed by atoms with Gasteiger partial charge in [0, 0.05) is 30.2 Å². The lowest BCUT2D eigenvalue weighted by Crippen LogP contribution is -2.18. The SMILES string of the molecule is CNC(=O)CCCNc1cc(C)ccc1Br. The molecular weight excluding hydrogens is 268 g/mol. The van der Waals surface area contributed by atoms with Crippen molar-refractivity contribution in [3.05, 3.63) is 28.2 Å². The number of carbonyl (C=O) groups is 1. The summed E-state index contributed by atoms with van der Waals surface area (Å²) in [6.07, 6.45) is 1.40. The first-order valence-electron chi connectivity index (χ1n) is 5.34. The molecule has 2 N–H and O–H groups in total. The molecule has 1 aromatic rings. The van der Waals surface area contributed by atoms with E-state index in [1.54, 1.807) is 7.05 Å². The maximum Gasteiger partial charge on any atom is 0.219 e. The van der Waals surface area contributed by atoms with Gasteiger partial charge in [-0.05, 0) is 47.0 Å². The zero-order valence-electron chi connectivity index (χ0n) is 9.64. The van der Waals surface area contributed by atoms with E-state index >= 15 is 0 Å². The van der Waals surface area contributed by atoms with Crippen LogP contribution in [0.15, 0.2) is 22.7 Å². The van der Waals surface area contributed by atoms with Crippen molar-refractivity contribution < 1.29 is 4.79 Å². The lowest BCUT2D eigenvalue weighted by Gasteiger charge is -2.09. The van der Waals surface area contributed by atoms with Crippen LogP contribution in [0.25, 0.3) is 0 Å². The van der Waals surface area contributed by atoms with E-state index in [9.17, 15) is 4.79 Å². The van der Waals surface area contributed by atoms with E-state index in [2.05, 4.69) is 45.6 Å². The number of aryl methyl sites for hydroxylation is 1. The van der Waals surface area contributed by atoms with Crippen LogP contribution in [0.1, 0.15) is 18.4 Å². The highest BCUT2D eigenvalue weighted by Crippen LogP contribution is 2.23. The number of hydrogen-bond donors (Lipinski definition) is 2. The molecule has 0 unspecified atom stereocenters. The van der Waals surface area contributed by atoms with E-state index in [0.717, 1.165) is 23.1 Å². The number of halogens is 1. The van der Waals surface area contributed by atoms with Crippen molar-refractivity contribution in [3.63, 3.8) is 0 Å². The van der Waals surface area contributed by atoms with Gasteiger partial charge >= 0.3 is 0 Å². The number of carbonyl (C=O) groups excluding carboxylic acids is 1. The monoisotopic (exact) mass is 284 g/mol. The molecule has 16 heavy (non-hydrogen) atoms. The molecule has 0 fully saturated rings. The van der Waals surface area contributed by atoms with Gasteiger partial charge in [0.05, 0.1) is 0 Å². The maximum absolute atomic E-state index is 11.0. The molecule has 1 amide bonds. The Kier molecular flexibility index (Phi) is 5.32. The second kappa shape index (κ2) is 6.53. The average Bonchev–Trinajstić information content (AvgIpc) is 2.28. The lowest BCUT2D eigenvalue weighted by atomic mass is 10.2. The fourth-order valence-electron chi connectivity index (χ4n) is 1.37. The summed E-state index contributed by atoms with van der Waals surface area (Å²) in [6, 6.07) is 6.17. The van der Waals surface area contributed by atoms with Gasteiger partial charge in [-0.2, -0.15) is 0 Å². The van der Waals surface area contributed by atoms with Crippen LogP contribution in [0.5, 0.6) is 0 Å². The number of nitrogens with one attached hydrogen (secondary N) is 2. The zero-order valence-corrected chi connectivity index (χ0v) is 11.2. The molecule has 1 rings (SSSR count). The highest BCUT2D eigenvalue weighted by molar-refractivity contribution is 9.10. The van der Waals surface area contributed by atoms with E-state index < -0.39 is 0 Å². The van der Waals surface area contributed by atoms with Crippen molar-refractivity contribution in [2.75, 3.05) is 18.9 Å². The van der Waals surface area contributed by atoms with Gasteiger partial charge in [0.15, 0.2) is 0 Å². The molecule has 0 heterocycles. The normalized spacial score (nSPS) is 9.94. The summed E-state index contributed by atoms with van der Waals surface area (Å²) in [4.78, 5) is 11.0. The zero-order chi connectivity index (χ0) is 12.0. The summed E-state index contributed by atoms with van der Waals surface area (Å²) in [5, 5.41) is 5.91. The van der Waals surface area contributed by atoms with Crippen LogP contribution in [0, 0.1) is 6.92 Å². The van der Waals surface area contributed by atoms with E-state index in [0.29, 0.717) is 6.42 Å². The Hall–Kier alpha value is -1.03. The van der Waals surface area contributed by atoms with Gasteiger partial charge in [-0.3, -0.25) is 4.79 Å². The molecule has 0 aromatic heterocycles. The predicted octanol–water partition coefficient (Wildman–Crippen LogP) is 2.70. The van der Waals surface area contributed by atoms with E-state index in [1.165, 1.54) is 5.56 Å². The second-order valence-corrected chi connectivity index (χ2v) is 4.54. The third kappa shape index (κ3) is 4.23. The molecule has 0 bridgehead atoms. The molecule has 0 atom stereocenters. The first-order valence-corrected chi connectivity index (χ1v) is 6.13. The average molecular weight is 285 g/mol. The molecule has 0 saturated carbocycles. The second-order valence-electron chi connectivity index (χ2n) is 3.69. The highest BCUT2D eigenvalue weighted by atomic mass is 79.9. The molecule has 0 spiro atoms. The van der Waals surface area contributed by atoms with E-state index in [1.807, 2.05) is 6.07 Å². The Labute approximate surface area is 105 Å². The molecule has 0 aliphatic carbocycles. The standard InChI is InChI=1S/C12H17BrN2O/c1-9-5-6-10(13)11(8-9)15-7-3-4-12(16)14-2/h5-6,8,15H,3-4,7H2,1-2H3,(H,14,16). The Bertz CT molecular complexity index is 366. The topological polar surface area (TPSA) is 41.1 Å². The molecule has 0 aliphatic heterocycles. The smallest absolute Gasteiger partial charge is 0.219 e. The van der Waals surface area contributed by atoms with Crippen LogP contribution < -0.4 is 10.6 Å². The van der Waals surface area contributed by atoms with Gasteiger partial charge in [-0.25, -0.2) is 0 Å². The fourth-order valence-corrected chi connectivity index (χ4v) is 1.76. The molecule has 3 nitrogen and oxygen atoms in total. The van der Waals surface area contributed by atoms with Crippen molar-refractivity contribution in [3.8, 4) is 0 Å². The van der Waals surface area contributed by atoms with Gasteiger partial charge < -0.3 is 10.6 Å². The van der Waals surface area contributed by atoms with Crippen LogP contribution >= 0.6 is 15.9 Å². The Morgan fingerprint density at radius 1 is 1.44 bits per heavy atom. The number of anilines is 1. The van der Waals surface area contributed by atoms with Gasteiger partial charge in [0.25, 0.3) is 0 Å². The predicted molar refractivity (Wildman–Crippen MR) is 70.7 cm³/mol. The van der Waals surface area contributed by atoms with E-state index in [-0.39, 0.29) is 5.91 Å². The first-order chi connectivity index (χ1) is 7.63. The van der Waals surface area contributed by atoms with Crippen LogP contribution in [0.4, 0.5) is 5.69 Å². The highest BCUT2D eigenvalue weighted by Gasteiger charge is 2.00. The molecule has 4 heteroatoms. The van der Waals surface area contributed by atoms with Crippen molar-refractivity contribution in [1.29, 1.82) is 0 Å². The van der Waals surface area contributed by atoms with Gasteiger partial charge in [-0.15, -0.1) is 0 Å². The van der Waals surface area contributed by atoms with Crippen molar-refractivity contribution in [1.82, 2.24) is 5.32 Å². The van der Waals surface area contributed by atoms with Crippen LogP contribution in [-0.4, -0.2) is 19.5 Å². The lowest BCUT2D eigenvalue weighted by molar-refractivity contribution is -0.120. The van der Waals surface area contributed by atoms with Gasteiger partial charge in [0.2, 0.25) is 5.91 Å². The third-order valence-corrected chi connectivity index (χ3v) is 2.99. The summed E-state index contributed by atoms with van der Waals surface area (Å²) in [6.45, 7) is 2.86. The summed E-state index contributed by atoms with van der Waals surface area (Å²) in [7, 11) is 1.66. The number of rotatable bonds is 5. The molecule has 0 aliphatic rings. The van der Waals surface area contributed by atoms with Crippen LogP contribution in [-0.2, 0) is 4.79 Å². The Balaban J connectivity index is 2.37. The molecule has 0 saturated heterocycles. The minimum absolute atomic E-state index is 0.0881. The summed E-state index contributed by atoms with van der Waals surface area (Å²) in [5.74, 6) is 0.0881. The molecule has 1 aromatic carbocycles. The minimum Gasteiger partial charge on any atom is -0.384 e. The summed E-state index contributed by atoms with van der Waals surface area (Å²) < 4.78 is 1.05. The number of benzene rings is 1. The van der Waals surface area contributed by atoms with Crippen LogP contribution in [0.3, 0.4) is 0 Å². The van der Waals surface area contributed by atoms with Gasteiger partial charge in [0.1, 0.15) is 0 Å². The van der Waals surface area contributed by atoms with Crippen LogP contribution in [0.2, 0.25) is 0 Å². The maximum atomic E-state index is 11.0. The van der Waals surface area contributed by atoms with E-state index in [4.69, 9.17) is 0 Å². The Morgan fingerprint density at radius 2 is 2.19 bits per heavy atom. The summed E-state index contributed by atoms with van der Waals surface area (Å²) >= 11 is 3.48. The summed E-state index contributed by atoms with van der Waals surface area (Å²) in [5.41, 5.74) is 2.30. The van der Waals surface area contributed by atoms with Crippen molar-refractivity contribution in [2.24, 2.45) is 0 Å². The largest absolute Gasteiger partial charge is 0.384 e. The van der Waals surface area contributed by atoms with Crippen molar-refractivity contribution >= 4 is 27.5 Å². The molecule has 88 valence electrons. The van der Waals surface area contributed by atoms with Gasteiger partial charge in [-0.1, -0.05) is 6.07 Å². The Morgan fingerprint density at radius 3 is 2.88 bits per heavy atom. The molecule has 0 radical (unpaired) electrons. The van der Waals surface area contributed by atoms with Crippen molar-refractivity contribution in [2.45, 2.75) is 19.8 Å². The first kappa shape index (κ1) is 13.0. The number of amides is 1. The minimum atomic E-state index is 0.0881. The number of hydrogen-bond acceptors (Lipinski definition) is 2.